The Morgan fingerprint density at radius 3 is 2.84 bits per heavy atom. The molecule has 0 radical (unpaired) electrons. The number of nitrogens with two attached hydrogens (primary N) is 1. The summed E-state index contributed by atoms with van der Waals surface area (Å²) < 4.78 is 13.4. The molecule has 1 saturated heterocycles. The molecule has 5 nitrogen and oxygen atoms in total. The number of nitrogens with zero attached hydrogens (tertiary/aromatic N) is 1. The summed E-state index contributed by atoms with van der Waals surface area (Å²) in [5.74, 6) is -1.75. The quantitative estimate of drug-likeness (QED) is 0.720. The number of anilines is 2. The first-order valence-corrected chi connectivity index (χ1v) is 6.16. The summed E-state index contributed by atoms with van der Waals surface area (Å²) in [6.07, 6.45) is 0.849. The van der Waals surface area contributed by atoms with Gasteiger partial charge in [0.1, 0.15) is 11.4 Å². The third kappa shape index (κ3) is 2.23. The van der Waals surface area contributed by atoms with E-state index in [1.807, 2.05) is 6.92 Å². The average molecular weight is 268 g/mol. The molecular weight excluding hydrogens is 251 g/mol. The van der Waals surface area contributed by atoms with E-state index in [9.17, 15) is 19.4 Å². The Labute approximate surface area is 110 Å². The van der Waals surface area contributed by atoms with Gasteiger partial charge in [0.05, 0.1) is 24.0 Å². The second kappa shape index (κ2) is 5.05. The maximum Gasteiger partial charge on any atom is 0.340 e. The lowest BCUT2D eigenvalue weighted by Crippen LogP contribution is -2.36. The molecule has 0 bridgehead atoms. The van der Waals surface area contributed by atoms with Crippen LogP contribution in [-0.2, 0) is 0 Å². The van der Waals surface area contributed by atoms with Crippen molar-refractivity contribution in [2.24, 2.45) is 5.92 Å². The number of aromatic carboxylic acids is 1. The normalized spacial score (nSPS) is 22.8. The number of carboxylic acid groups (broad SMARTS) is 1. The molecule has 1 fully saturated rings. The molecule has 19 heavy (non-hydrogen) atoms. The van der Waals surface area contributed by atoms with Crippen LogP contribution in [0.4, 0.5) is 15.8 Å². The number of carbonyl (C=O) groups is 1. The van der Waals surface area contributed by atoms with E-state index in [-0.39, 0.29) is 29.8 Å². The fourth-order valence-corrected chi connectivity index (χ4v) is 2.63. The van der Waals surface area contributed by atoms with Gasteiger partial charge in [-0.15, -0.1) is 0 Å². The molecule has 0 aliphatic carbocycles. The van der Waals surface area contributed by atoms with Gasteiger partial charge in [0.15, 0.2) is 0 Å². The van der Waals surface area contributed by atoms with Gasteiger partial charge in [0.25, 0.3) is 0 Å². The molecule has 0 aromatic heterocycles. The van der Waals surface area contributed by atoms with Crippen molar-refractivity contribution in [3.8, 4) is 0 Å². The molecule has 0 spiro atoms. The van der Waals surface area contributed by atoms with Crippen molar-refractivity contribution in [1.82, 2.24) is 0 Å². The fraction of sp³-hybridized carbons (Fsp3) is 0.462. The number of rotatable bonds is 3. The maximum atomic E-state index is 13.4. The van der Waals surface area contributed by atoms with Gasteiger partial charge in [-0.05, 0) is 24.5 Å². The van der Waals surface area contributed by atoms with E-state index in [4.69, 9.17) is 5.73 Å². The van der Waals surface area contributed by atoms with Gasteiger partial charge in [0, 0.05) is 6.54 Å². The molecule has 1 aromatic carbocycles. The topological polar surface area (TPSA) is 86.8 Å². The van der Waals surface area contributed by atoms with E-state index in [2.05, 4.69) is 0 Å². The Kier molecular flexibility index (Phi) is 3.61. The van der Waals surface area contributed by atoms with Crippen molar-refractivity contribution >= 4 is 17.3 Å². The van der Waals surface area contributed by atoms with Crippen LogP contribution >= 0.6 is 0 Å². The van der Waals surface area contributed by atoms with Crippen molar-refractivity contribution in [1.29, 1.82) is 0 Å². The molecule has 1 heterocycles. The number of aliphatic hydroxyl groups is 1. The SMILES string of the molecule is CC1CCN(c2ccc(F)c(N)c2C(=O)O)C1CO. The van der Waals surface area contributed by atoms with Crippen molar-refractivity contribution in [2.45, 2.75) is 19.4 Å². The van der Waals surface area contributed by atoms with Gasteiger partial charge >= 0.3 is 5.97 Å². The molecule has 0 saturated carbocycles. The van der Waals surface area contributed by atoms with Crippen LogP contribution in [0.5, 0.6) is 0 Å². The summed E-state index contributed by atoms with van der Waals surface area (Å²) in [6, 6.07) is 2.41. The summed E-state index contributed by atoms with van der Waals surface area (Å²) in [7, 11) is 0. The Morgan fingerprint density at radius 1 is 1.58 bits per heavy atom. The lowest BCUT2D eigenvalue weighted by atomic mass is 10.0. The first kappa shape index (κ1) is 13.6. The minimum absolute atomic E-state index is 0.0719. The van der Waals surface area contributed by atoms with Crippen molar-refractivity contribution in [3.05, 3.63) is 23.5 Å². The lowest BCUT2D eigenvalue weighted by molar-refractivity contribution is 0.0698. The van der Waals surface area contributed by atoms with Crippen LogP contribution in [0.3, 0.4) is 0 Å². The summed E-state index contributed by atoms with van der Waals surface area (Å²) >= 11 is 0. The summed E-state index contributed by atoms with van der Waals surface area (Å²) in [5, 5.41) is 18.6. The largest absolute Gasteiger partial charge is 0.478 e. The number of halogens is 1. The molecule has 2 rings (SSSR count). The zero-order chi connectivity index (χ0) is 14.2. The highest BCUT2D eigenvalue weighted by molar-refractivity contribution is 6.00. The first-order chi connectivity index (χ1) is 8.97. The predicted octanol–water partition coefficient (Wildman–Crippen LogP) is 1.31. The van der Waals surface area contributed by atoms with Crippen LogP contribution in [-0.4, -0.2) is 35.4 Å². The minimum atomic E-state index is -1.26. The second-order valence-electron chi connectivity index (χ2n) is 4.87. The number of benzene rings is 1. The van der Waals surface area contributed by atoms with E-state index in [0.29, 0.717) is 12.2 Å². The van der Waals surface area contributed by atoms with Crippen LogP contribution in [0.15, 0.2) is 12.1 Å². The molecule has 1 aliphatic heterocycles. The fourth-order valence-electron chi connectivity index (χ4n) is 2.63. The third-order valence-corrected chi connectivity index (χ3v) is 3.76. The van der Waals surface area contributed by atoms with E-state index < -0.39 is 11.8 Å². The summed E-state index contributed by atoms with van der Waals surface area (Å²) in [4.78, 5) is 13.1. The smallest absolute Gasteiger partial charge is 0.340 e. The number of aliphatic hydroxyl groups excluding tert-OH is 1. The van der Waals surface area contributed by atoms with E-state index >= 15 is 0 Å². The first-order valence-electron chi connectivity index (χ1n) is 6.16. The Bertz CT molecular complexity index is 507. The number of carboxylic acids is 1. The monoisotopic (exact) mass is 268 g/mol. The molecule has 4 N–H and O–H groups in total. The highest BCUT2D eigenvalue weighted by Crippen LogP contribution is 2.35. The Balaban J connectivity index is 2.51. The van der Waals surface area contributed by atoms with Gasteiger partial charge in [-0.25, -0.2) is 9.18 Å². The predicted molar refractivity (Wildman–Crippen MR) is 69.8 cm³/mol. The zero-order valence-corrected chi connectivity index (χ0v) is 10.6. The third-order valence-electron chi connectivity index (χ3n) is 3.76. The average Bonchev–Trinajstić information content (AvgIpc) is 2.73. The molecule has 2 unspecified atom stereocenters. The number of hydrogen-bond donors (Lipinski definition) is 3. The summed E-state index contributed by atoms with van der Waals surface area (Å²) in [6.45, 7) is 2.55. The molecular formula is C13H17FN2O3. The van der Waals surface area contributed by atoms with Gasteiger partial charge in [-0.1, -0.05) is 6.92 Å². The van der Waals surface area contributed by atoms with Crippen molar-refractivity contribution < 1.29 is 19.4 Å². The van der Waals surface area contributed by atoms with Crippen LogP contribution in [0, 0.1) is 11.7 Å². The van der Waals surface area contributed by atoms with Crippen LogP contribution in [0.1, 0.15) is 23.7 Å². The Hall–Kier alpha value is -1.82. The zero-order valence-electron chi connectivity index (χ0n) is 10.6. The van der Waals surface area contributed by atoms with Crippen molar-refractivity contribution in [3.63, 3.8) is 0 Å². The molecule has 1 aliphatic rings. The maximum absolute atomic E-state index is 13.4. The second-order valence-corrected chi connectivity index (χ2v) is 4.87. The minimum Gasteiger partial charge on any atom is -0.478 e. The standard InChI is InChI=1S/C13H17FN2O3/c1-7-4-5-16(10(7)6-17)9-3-2-8(14)12(15)11(9)13(18)19/h2-3,7,10,17H,4-6,15H2,1H3,(H,18,19). The van der Waals surface area contributed by atoms with Gasteiger partial charge < -0.3 is 20.8 Å². The van der Waals surface area contributed by atoms with Gasteiger partial charge in [0.2, 0.25) is 0 Å². The van der Waals surface area contributed by atoms with Gasteiger partial charge in [-0.2, -0.15) is 0 Å². The van der Waals surface area contributed by atoms with E-state index in [0.717, 1.165) is 12.5 Å². The molecule has 6 heteroatoms. The van der Waals surface area contributed by atoms with Crippen LogP contribution in [0.25, 0.3) is 0 Å². The summed E-state index contributed by atoms with van der Waals surface area (Å²) in [5.41, 5.74) is 5.31. The molecule has 104 valence electrons. The van der Waals surface area contributed by atoms with E-state index in [1.54, 1.807) is 4.90 Å². The highest BCUT2D eigenvalue weighted by Gasteiger charge is 2.33. The highest BCUT2D eigenvalue weighted by atomic mass is 19.1. The Morgan fingerprint density at radius 2 is 2.26 bits per heavy atom. The van der Waals surface area contributed by atoms with E-state index in [1.165, 1.54) is 6.07 Å². The van der Waals surface area contributed by atoms with Gasteiger partial charge in [-0.3, -0.25) is 0 Å². The van der Waals surface area contributed by atoms with Crippen LogP contribution < -0.4 is 10.6 Å². The molecule has 1 aromatic rings. The lowest BCUT2D eigenvalue weighted by Gasteiger charge is -2.29. The van der Waals surface area contributed by atoms with Crippen molar-refractivity contribution in [2.75, 3.05) is 23.8 Å². The van der Waals surface area contributed by atoms with Crippen LogP contribution in [0.2, 0.25) is 0 Å². The molecule has 0 amide bonds. The number of hydrogen-bond acceptors (Lipinski definition) is 4. The number of nitrogen functional groups attached to an aromatic ring is 1. The molecule has 2 atom stereocenters.